The molecule has 1 fully saturated rings. The average molecular weight is 248 g/mol. The van der Waals surface area contributed by atoms with Gasteiger partial charge in [0.15, 0.2) is 5.82 Å². The zero-order valence-corrected chi connectivity index (χ0v) is 11.4. The molecule has 1 aliphatic carbocycles. The molecule has 1 aliphatic heterocycles. The van der Waals surface area contributed by atoms with Gasteiger partial charge in [-0.05, 0) is 37.5 Å². The quantitative estimate of drug-likeness (QED) is 0.802. The summed E-state index contributed by atoms with van der Waals surface area (Å²) in [4.78, 5) is 2.39. The molecule has 2 aliphatic rings. The Bertz CT molecular complexity index is 425. The summed E-state index contributed by atoms with van der Waals surface area (Å²) in [6.45, 7) is 6.69. The Morgan fingerprint density at radius 2 is 2.00 bits per heavy atom. The number of piperidine rings is 1. The second kappa shape index (κ2) is 4.57. The number of aromatic amines is 1. The SMILES string of the molecule is CC1CCC(C)c2c(N3CCCC(N)C3)n[nH]c21. The molecule has 4 heteroatoms. The Hall–Kier alpha value is -1.03. The molecule has 3 N–H and O–H groups in total. The molecule has 3 unspecified atom stereocenters. The van der Waals surface area contributed by atoms with Crippen LogP contribution >= 0.6 is 0 Å². The lowest BCUT2D eigenvalue weighted by Gasteiger charge is -2.33. The lowest BCUT2D eigenvalue weighted by atomic mass is 9.82. The zero-order valence-electron chi connectivity index (χ0n) is 11.4. The number of hydrogen-bond donors (Lipinski definition) is 2. The lowest BCUT2D eigenvalue weighted by Crippen LogP contribution is -2.43. The fraction of sp³-hybridized carbons (Fsp3) is 0.786. The van der Waals surface area contributed by atoms with E-state index in [1.54, 1.807) is 0 Å². The van der Waals surface area contributed by atoms with Gasteiger partial charge in [0.1, 0.15) is 0 Å². The molecule has 1 saturated heterocycles. The molecule has 0 radical (unpaired) electrons. The van der Waals surface area contributed by atoms with Gasteiger partial charge in [-0.2, -0.15) is 5.10 Å². The van der Waals surface area contributed by atoms with Gasteiger partial charge in [0.05, 0.1) is 0 Å². The molecular weight excluding hydrogens is 224 g/mol. The molecular formula is C14H24N4. The van der Waals surface area contributed by atoms with Crippen molar-refractivity contribution in [2.75, 3.05) is 18.0 Å². The van der Waals surface area contributed by atoms with Gasteiger partial charge in [-0.25, -0.2) is 0 Å². The van der Waals surface area contributed by atoms with E-state index >= 15 is 0 Å². The molecule has 100 valence electrons. The minimum atomic E-state index is 0.308. The Kier molecular flexibility index (Phi) is 3.06. The van der Waals surface area contributed by atoms with E-state index < -0.39 is 0 Å². The number of rotatable bonds is 1. The molecule has 4 nitrogen and oxygen atoms in total. The van der Waals surface area contributed by atoms with Crippen LogP contribution in [0.1, 0.15) is 62.6 Å². The average Bonchev–Trinajstić information content (AvgIpc) is 2.80. The summed E-state index contributed by atoms with van der Waals surface area (Å²) in [5, 5.41) is 7.89. The molecule has 2 heterocycles. The minimum Gasteiger partial charge on any atom is -0.353 e. The first-order valence-corrected chi connectivity index (χ1v) is 7.25. The minimum absolute atomic E-state index is 0.308. The Morgan fingerprint density at radius 1 is 1.22 bits per heavy atom. The smallest absolute Gasteiger partial charge is 0.154 e. The van der Waals surface area contributed by atoms with Crippen molar-refractivity contribution < 1.29 is 0 Å². The number of nitrogens with one attached hydrogen (secondary N) is 1. The third-order valence-corrected chi connectivity index (χ3v) is 4.59. The molecule has 0 saturated carbocycles. The molecule has 0 spiro atoms. The van der Waals surface area contributed by atoms with Crippen LogP contribution in [0.4, 0.5) is 5.82 Å². The van der Waals surface area contributed by atoms with Crippen LogP contribution in [0.5, 0.6) is 0 Å². The van der Waals surface area contributed by atoms with Crippen molar-refractivity contribution in [3.63, 3.8) is 0 Å². The van der Waals surface area contributed by atoms with Gasteiger partial charge in [-0.15, -0.1) is 0 Å². The van der Waals surface area contributed by atoms with Crippen molar-refractivity contribution in [1.29, 1.82) is 0 Å². The third kappa shape index (κ3) is 1.92. The van der Waals surface area contributed by atoms with Gasteiger partial charge in [0, 0.05) is 30.4 Å². The number of anilines is 1. The maximum absolute atomic E-state index is 6.09. The number of nitrogens with two attached hydrogens (primary N) is 1. The van der Waals surface area contributed by atoms with Crippen LogP contribution in [0.25, 0.3) is 0 Å². The number of aromatic nitrogens is 2. The summed E-state index contributed by atoms with van der Waals surface area (Å²) in [5.74, 6) is 2.43. The lowest BCUT2D eigenvalue weighted by molar-refractivity contribution is 0.495. The largest absolute Gasteiger partial charge is 0.353 e. The second-order valence-electron chi connectivity index (χ2n) is 6.10. The zero-order chi connectivity index (χ0) is 12.7. The van der Waals surface area contributed by atoms with Crippen molar-refractivity contribution >= 4 is 5.82 Å². The van der Waals surface area contributed by atoms with Crippen LogP contribution in [0.2, 0.25) is 0 Å². The van der Waals surface area contributed by atoms with E-state index in [2.05, 4.69) is 28.9 Å². The van der Waals surface area contributed by atoms with E-state index in [-0.39, 0.29) is 0 Å². The van der Waals surface area contributed by atoms with E-state index in [1.807, 2.05) is 0 Å². The van der Waals surface area contributed by atoms with Gasteiger partial charge >= 0.3 is 0 Å². The fourth-order valence-corrected chi connectivity index (χ4v) is 3.45. The van der Waals surface area contributed by atoms with E-state index in [0.717, 1.165) is 19.5 Å². The number of nitrogens with zero attached hydrogens (tertiary/aromatic N) is 2. The maximum atomic E-state index is 6.09. The molecule has 0 aromatic carbocycles. The van der Waals surface area contributed by atoms with Crippen LogP contribution < -0.4 is 10.6 Å². The van der Waals surface area contributed by atoms with Gasteiger partial charge in [0.25, 0.3) is 0 Å². The predicted octanol–water partition coefficient (Wildman–Crippen LogP) is 2.34. The van der Waals surface area contributed by atoms with Crippen molar-refractivity contribution in [2.24, 2.45) is 5.73 Å². The topological polar surface area (TPSA) is 57.9 Å². The number of fused-ring (bicyclic) bond motifs is 1. The summed E-state index contributed by atoms with van der Waals surface area (Å²) < 4.78 is 0. The number of hydrogen-bond acceptors (Lipinski definition) is 3. The van der Waals surface area contributed by atoms with E-state index in [0.29, 0.717) is 17.9 Å². The van der Waals surface area contributed by atoms with Gasteiger partial charge in [-0.1, -0.05) is 13.8 Å². The summed E-state index contributed by atoms with van der Waals surface area (Å²) in [7, 11) is 0. The number of H-pyrrole nitrogens is 1. The highest BCUT2D eigenvalue weighted by molar-refractivity contribution is 5.53. The summed E-state index contributed by atoms with van der Waals surface area (Å²) >= 11 is 0. The van der Waals surface area contributed by atoms with Crippen molar-refractivity contribution in [2.45, 2.75) is 57.4 Å². The molecule has 3 atom stereocenters. The van der Waals surface area contributed by atoms with Crippen molar-refractivity contribution in [3.8, 4) is 0 Å². The Balaban J connectivity index is 1.93. The van der Waals surface area contributed by atoms with E-state index in [4.69, 9.17) is 5.73 Å². The second-order valence-corrected chi connectivity index (χ2v) is 6.10. The Labute approximate surface area is 109 Å². The van der Waals surface area contributed by atoms with Crippen LogP contribution in [-0.4, -0.2) is 29.3 Å². The molecule has 1 aromatic heterocycles. The first-order valence-electron chi connectivity index (χ1n) is 7.25. The maximum Gasteiger partial charge on any atom is 0.154 e. The molecule has 18 heavy (non-hydrogen) atoms. The third-order valence-electron chi connectivity index (χ3n) is 4.59. The summed E-state index contributed by atoms with van der Waals surface area (Å²) in [6.07, 6.45) is 4.89. The van der Waals surface area contributed by atoms with E-state index in [1.165, 1.54) is 36.3 Å². The summed E-state index contributed by atoms with van der Waals surface area (Å²) in [5.41, 5.74) is 8.91. The molecule has 0 bridgehead atoms. The van der Waals surface area contributed by atoms with Gasteiger partial charge < -0.3 is 10.6 Å². The van der Waals surface area contributed by atoms with Crippen molar-refractivity contribution in [1.82, 2.24) is 10.2 Å². The molecule has 0 amide bonds. The predicted molar refractivity (Wildman–Crippen MR) is 74.1 cm³/mol. The van der Waals surface area contributed by atoms with Gasteiger partial charge in [0.2, 0.25) is 0 Å². The standard InChI is InChI=1S/C14H24N4/c1-9-5-6-10(2)13-12(9)14(17-16-13)18-7-3-4-11(15)8-18/h9-11H,3-8,15H2,1-2H3,(H,16,17). The first kappa shape index (κ1) is 12.0. The van der Waals surface area contributed by atoms with Gasteiger partial charge in [-0.3, -0.25) is 5.10 Å². The highest BCUT2D eigenvalue weighted by Crippen LogP contribution is 2.42. The Morgan fingerprint density at radius 3 is 2.78 bits per heavy atom. The van der Waals surface area contributed by atoms with Crippen LogP contribution in [0.3, 0.4) is 0 Å². The van der Waals surface area contributed by atoms with E-state index in [9.17, 15) is 0 Å². The summed E-state index contributed by atoms with van der Waals surface area (Å²) in [6, 6.07) is 0.308. The van der Waals surface area contributed by atoms with Crippen LogP contribution in [0, 0.1) is 0 Å². The van der Waals surface area contributed by atoms with Crippen LogP contribution in [0.15, 0.2) is 0 Å². The fourth-order valence-electron chi connectivity index (χ4n) is 3.45. The monoisotopic (exact) mass is 248 g/mol. The molecule has 3 rings (SSSR count). The highest BCUT2D eigenvalue weighted by Gasteiger charge is 2.30. The normalized spacial score (nSPS) is 32.4. The van der Waals surface area contributed by atoms with Crippen molar-refractivity contribution in [3.05, 3.63) is 11.3 Å². The highest BCUT2D eigenvalue weighted by atomic mass is 15.3. The first-order chi connectivity index (χ1) is 8.66. The van der Waals surface area contributed by atoms with Crippen LogP contribution in [-0.2, 0) is 0 Å². The molecule has 1 aromatic rings.